The number of aromatic nitrogens is 2. The number of thiazole rings is 1. The second-order valence-electron chi connectivity index (χ2n) is 3.26. The van der Waals surface area contributed by atoms with Crippen LogP contribution in [0.1, 0.15) is 4.88 Å². The fourth-order valence-corrected chi connectivity index (χ4v) is 1.89. The van der Waals surface area contributed by atoms with Gasteiger partial charge in [0, 0.05) is 17.1 Å². The zero-order valence-electron chi connectivity index (χ0n) is 8.88. The second kappa shape index (κ2) is 4.34. The molecule has 0 atom stereocenters. The SMILES string of the molecule is Cc1cnc(Nc2ccc([N+](=O)[O-])c(N)n2)s1. The highest BCUT2D eigenvalue weighted by atomic mass is 32.1. The van der Waals surface area contributed by atoms with Crippen molar-refractivity contribution in [1.82, 2.24) is 9.97 Å². The number of hydrogen-bond acceptors (Lipinski definition) is 7. The summed E-state index contributed by atoms with van der Waals surface area (Å²) in [6.45, 7) is 1.93. The molecule has 0 saturated carbocycles. The number of hydrogen-bond donors (Lipinski definition) is 2. The number of anilines is 3. The third-order valence-corrected chi connectivity index (χ3v) is 2.78. The molecule has 0 spiro atoms. The molecule has 0 aliphatic carbocycles. The largest absolute Gasteiger partial charge is 0.378 e. The molecule has 2 heterocycles. The van der Waals surface area contributed by atoms with Gasteiger partial charge in [0.1, 0.15) is 5.82 Å². The first kappa shape index (κ1) is 11.3. The van der Waals surface area contributed by atoms with Gasteiger partial charge in [-0.05, 0) is 13.0 Å². The summed E-state index contributed by atoms with van der Waals surface area (Å²) in [5, 5.41) is 14.1. The highest BCUT2D eigenvalue weighted by Crippen LogP contribution is 2.24. The molecule has 2 aromatic heterocycles. The molecule has 0 fully saturated rings. The van der Waals surface area contributed by atoms with Crippen LogP contribution in [0.5, 0.6) is 0 Å². The van der Waals surface area contributed by atoms with E-state index in [9.17, 15) is 10.1 Å². The van der Waals surface area contributed by atoms with Crippen LogP contribution in [0.4, 0.5) is 22.5 Å². The summed E-state index contributed by atoms with van der Waals surface area (Å²) in [5.41, 5.74) is 5.27. The minimum Gasteiger partial charge on any atom is -0.378 e. The summed E-state index contributed by atoms with van der Waals surface area (Å²) in [4.78, 5) is 19.0. The molecule has 8 heteroatoms. The van der Waals surface area contributed by atoms with E-state index in [1.807, 2.05) is 6.92 Å². The van der Waals surface area contributed by atoms with Crippen LogP contribution in [-0.2, 0) is 0 Å². The Hall–Kier alpha value is -2.22. The smallest absolute Gasteiger partial charge is 0.311 e. The van der Waals surface area contributed by atoms with E-state index in [2.05, 4.69) is 15.3 Å². The third kappa shape index (κ3) is 2.48. The van der Waals surface area contributed by atoms with Crippen LogP contribution in [0.25, 0.3) is 0 Å². The molecule has 0 bridgehead atoms. The predicted molar refractivity (Wildman–Crippen MR) is 65.4 cm³/mol. The third-order valence-electron chi connectivity index (χ3n) is 1.96. The summed E-state index contributed by atoms with van der Waals surface area (Å²) < 4.78 is 0. The van der Waals surface area contributed by atoms with Gasteiger partial charge in [0.05, 0.1) is 4.92 Å². The Morgan fingerprint density at radius 1 is 1.53 bits per heavy atom. The van der Waals surface area contributed by atoms with Crippen molar-refractivity contribution in [2.45, 2.75) is 6.92 Å². The minimum absolute atomic E-state index is 0.117. The van der Waals surface area contributed by atoms with Gasteiger partial charge in [-0.1, -0.05) is 0 Å². The molecule has 2 aromatic rings. The molecule has 0 unspecified atom stereocenters. The zero-order chi connectivity index (χ0) is 12.4. The molecule has 3 N–H and O–H groups in total. The van der Waals surface area contributed by atoms with Crippen LogP contribution in [-0.4, -0.2) is 14.9 Å². The van der Waals surface area contributed by atoms with Gasteiger partial charge in [-0.3, -0.25) is 10.1 Å². The van der Waals surface area contributed by atoms with Crippen LogP contribution in [0.2, 0.25) is 0 Å². The van der Waals surface area contributed by atoms with Crippen LogP contribution in [0.15, 0.2) is 18.3 Å². The summed E-state index contributed by atoms with van der Waals surface area (Å²) in [6.07, 6.45) is 1.72. The molecule has 0 saturated heterocycles. The average Bonchev–Trinajstić information content (AvgIpc) is 2.63. The molecule has 0 radical (unpaired) electrons. The number of nitrogens with two attached hydrogens (primary N) is 1. The summed E-state index contributed by atoms with van der Waals surface area (Å²) >= 11 is 1.46. The topological polar surface area (TPSA) is 107 Å². The Morgan fingerprint density at radius 2 is 2.29 bits per heavy atom. The van der Waals surface area contributed by atoms with Crippen molar-refractivity contribution in [3.8, 4) is 0 Å². The van der Waals surface area contributed by atoms with Crippen LogP contribution < -0.4 is 11.1 Å². The first-order valence-corrected chi connectivity index (χ1v) is 5.48. The second-order valence-corrected chi connectivity index (χ2v) is 4.49. The van der Waals surface area contributed by atoms with Crippen molar-refractivity contribution in [3.63, 3.8) is 0 Å². The number of nitrogen functional groups attached to an aromatic ring is 1. The van der Waals surface area contributed by atoms with Crippen molar-refractivity contribution in [2.24, 2.45) is 0 Å². The van der Waals surface area contributed by atoms with Gasteiger partial charge < -0.3 is 11.1 Å². The molecular formula is C9H9N5O2S. The molecule has 0 aliphatic rings. The standard InChI is InChI=1S/C9H9N5O2S/c1-5-4-11-9(17-5)13-7-3-2-6(14(15)16)8(10)12-7/h2-4H,1H3,(H3,10,11,12,13). The van der Waals surface area contributed by atoms with Crippen molar-refractivity contribution in [1.29, 1.82) is 0 Å². The van der Waals surface area contributed by atoms with E-state index in [4.69, 9.17) is 5.73 Å². The summed E-state index contributed by atoms with van der Waals surface area (Å²) in [6, 6.07) is 2.80. The molecule has 0 aliphatic heterocycles. The van der Waals surface area contributed by atoms with E-state index in [1.165, 1.54) is 23.5 Å². The van der Waals surface area contributed by atoms with E-state index in [0.717, 1.165) is 4.88 Å². The van der Waals surface area contributed by atoms with E-state index >= 15 is 0 Å². The lowest BCUT2D eigenvalue weighted by atomic mass is 10.4. The van der Waals surface area contributed by atoms with E-state index in [1.54, 1.807) is 6.20 Å². The predicted octanol–water partition coefficient (Wildman–Crippen LogP) is 2.08. The Morgan fingerprint density at radius 3 is 2.82 bits per heavy atom. The Labute approximate surface area is 100 Å². The first-order chi connectivity index (χ1) is 8.06. The number of pyridine rings is 1. The van der Waals surface area contributed by atoms with Gasteiger partial charge in [-0.2, -0.15) is 0 Å². The number of nitrogens with one attached hydrogen (secondary N) is 1. The van der Waals surface area contributed by atoms with Gasteiger partial charge in [0.25, 0.3) is 0 Å². The van der Waals surface area contributed by atoms with Gasteiger partial charge in [-0.25, -0.2) is 9.97 Å². The van der Waals surface area contributed by atoms with Crippen molar-refractivity contribution < 1.29 is 4.92 Å². The maximum atomic E-state index is 10.5. The maximum Gasteiger partial charge on any atom is 0.311 e. The molecule has 2 rings (SSSR count). The Kier molecular flexibility index (Phi) is 2.88. The van der Waals surface area contributed by atoms with Gasteiger partial charge in [0.15, 0.2) is 5.13 Å². The van der Waals surface area contributed by atoms with Crippen LogP contribution in [0.3, 0.4) is 0 Å². The van der Waals surface area contributed by atoms with E-state index in [-0.39, 0.29) is 11.5 Å². The monoisotopic (exact) mass is 251 g/mol. The van der Waals surface area contributed by atoms with Gasteiger partial charge in [-0.15, -0.1) is 11.3 Å². The number of nitro groups is 1. The quantitative estimate of drug-likeness (QED) is 0.638. The maximum absolute atomic E-state index is 10.5. The van der Waals surface area contributed by atoms with Crippen LogP contribution >= 0.6 is 11.3 Å². The first-order valence-electron chi connectivity index (χ1n) is 4.66. The lowest BCUT2D eigenvalue weighted by molar-refractivity contribution is -0.384. The Balaban J connectivity index is 2.23. The van der Waals surface area contributed by atoms with E-state index in [0.29, 0.717) is 10.9 Å². The van der Waals surface area contributed by atoms with Gasteiger partial charge in [0.2, 0.25) is 5.82 Å². The number of nitrogens with zero attached hydrogens (tertiary/aromatic N) is 3. The molecule has 17 heavy (non-hydrogen) atoms. The minimum atomic E-state index is -0.570. The van der Waals surface area contributed by atoms with Crippen LogP contribution in [0, 0.1) is 17.0 Å². The molecular weight excluding hydrogens is 242 g/mol. The molecule has 7 nitrogen and oxygen atoms in total. The molecule has 88 valence electrons. The lowest BCUT2D eigenvalue weighted by Gasteiger charge is -2.02. The van der Waals surface area contributed by atoms with Gasteiger partial charge >= 0.3 is 5.69 Å². The molecule has 0 amide bonds. The summed E-state index contributed by atoms with van der Waals surface area (Å²) in [5.74, 6) is 0.315. The highest BCUT2D eigenvalue weighted by molar-refractivity contribution is 7.15. The average molecular weight is 251 g/mol. The Bertz CT molecular complexity index is 568. The van der Waals surface area contributed by atoms with Crippen molar-refractivity contribution in [3.05, 3.63) is 33.3 Å². The highest BCUT2D eigenvalue weighted by Gasteiger charge is 2.13. The van der Waals surface area contributed by atoms with Crippen molar-refractivity contribution >= 4 is 33.8 Å². The molecule has 0 aromatic carbocycles. The summed E-state index contributed by atoms with van der Waals surface area (Å²) in [7, 11) is 0. The zero-order valence-corrected chi connectivity index (χ0v) is 9.69. The number of rotatable bonds is 3. The lowest BCUT2D eigenvalue weighted by Crippen LogP contribution is -2.01. The fraction of sp³-hybridized carbons (Fsp3) is 0.111. The fourth-order valence-electron chi connectivity index (χ4n) is 1.21. The normalized spacial score (nSPS) is 10.2. The number of aryl methyl sites for hydroxylation is 1. The van der Waals surface area contributed by atoms with Crippen molar-refractivity contribution in [2.75, 3.05) is 11.1 Å². The van der Waals surface area contributed by atoms with E-state index < -0.39 is 4.92 Å².